The first-order valence-corrected chi connectivity index (χ1v) is 10.4. The van der Waals surface area contributed by atoms with E-state index in [1.165, 1.54) is 12.1 Å². The van der Waals surface area contributed by atoms with Crippen LogP contribution in [0, 0.1) is 0 Å². The van der Waals surface area contributed by atoms with Gasteiger partial charge in [-0.15, -0.1) is 0 Å². The van der Waals surface area contributed by atoms with Crippen LogP contribution < -0.4 is 5.56 Å². The Balaban J connectivity index is 1.52. The summed E-state index contributed by atoms with van der Waals surface area (Å²) in [5.41, 5.74) is 1.75. The largest absolute Gasteiger partial charge is 0.340 e. The van der Waals surface area contributed by atoms with Gasteiger partial charge in [-0.25, -0.2) is 5.10 Å². The normalized spacial score (nSPS) is 14.4. The number of rotatable bonds is 4. The zero-order chi connectivity index (χ0) is 21.6. The van der Waals surface area contributed by atoms with Crippen molar-refractivity contribution >= 4 is 11.8 Å². The number of hydrogen-bond acceptors (Lipinski definition) is 4. The number of benzene rings is 2. The third-order valence-electron chi connectivity index (χ3n) is 5.51. The summed E-state index contributed by atoms with van der Waals surface area (Å²) >= 11 is 0. The molecular formula is C24H24N4O3. The standard InChI is InChI=1S/C24H24N4O3/c29-21-13-12-20(25-26-21)23(30)27-14-7-15-28(17-16-27)24(31)22(18-8-3-1-4-9-18)19-10-5-2-6-11-19/h1-6,8-13,22H,7,14-17H2,(H,26,29). The molecule has 7 heteroatoms. The molecule has 1 aromatic heterocycles. The van der Waals surface area contributed by atoms with Gasteiger partial charge >= 0.3 is 0 Å². The smallest absolute Gasteiger partial charge is 0.274 e. The van der Waals surface area contributed by atoms with Crippen LogP contribution in [0.1, 0.15) is 34.0 Å². The van der Waals surface area contributed by atoms with Gasteiger partial charge in [0.1, 0.15) is 5.69 Å². The van der Waals surface area contributed by atoms with E-state index in [9.17, 15) is 14.4 Å². The summed E-state index contributed by atoms with van der Waals surface area (Å²) in [6.45, 7) is 1.98. The van der Waals surface area contributed by atoms with Gasteiger partial charge in [-0.2, -0.15) is 5.10 Å². The lowest BCUT2D eigenvalue weighted by molar-refractivity contribution is -0.131. The van der Waals surface area contributed by atoms with Gasteiger partial charge < -0.3 is 9.80 Å². The first-order valence-electron chi connectivity index (χ1n) is 10.4. The van der Waals surface area contributed by atoms with Crippen LogP contribution in [0.5, 0.6) is 0 Å². The van der Waals surface area contributed by atoms with Gasteiger partial charge in [0.05, 0.1) is 5.92 Å². The highest BCUT2D eigenvalue weighted by molar-refractivity contribution is 5.92. The van der Waals surface area contributed by atoms with Crippen LogP contribution in [0.4, 0.5) is 0 Å². The number of carbonyl (C=O) groups excluding carboxylic acids is 2. The topological polar surface area (TPSA) is 86.4 Å². The Hall–Kier alpha value is -3.74. The summed E-state index contributed by atoms with van der Waals surface area (Å²) in [5, 5.41) is 6.13. The molecule has 3 aromatic rings. The van der Waals surface area contributed by atoms with E-state index in [1.54, 1.807) is 4.90 Å². The first kappa shape index (κ1) is 20.5. The molecule has 7 nitrogen and oxygen atoms in total. The third-order valence-corrected chi connectivity index (χ3v) is 5.51. The number of H-pyrrole nitrogens is 1. The van der Waals surface area contributed by atoms with E-state index in [4.69, 9.17) is 0 Å². The highest BCUT2D eigenvalue weighted by atomic mass is 16.2. The van der Waals surface area contributed by atoms with Gasteiger partial charge in [-0.1, -0.05) is 60.7 Å². The van der Waals surface area contributed by atoms with E-state index in [1.807, 2.05) is 65.6 Å². The molecule has 0 unspecified atom stereocenters. The van der Waals surface area contributed by atoms with Gasteiger partial charge in [-0.05, 0) is 23.6 Å². The Morgan fingerprint density at radius 1 is 0.774 bits per heavy atom. The van der Waals surface area contributed by atoms with Crippen LogP contribution in [0.3, 0.4) is 0 Å². The van der Waals surface area contributed by atoms with Crippen LogP contribution in [-0.4, -0.2) is 58.0 Å². The SMILES string of the molecule is O=C(c1ccc(=O)[nH]n1)N1CCCN(C(=O)C(c2ccccc2)c2ccccc2)CC1. The van der Waals surface area contributed by atoms with Crippen molar-refractivity contribution in [3.8, 4) is 0 Å². The number of nitrogens with one attached hydrogen (secondary N) is 1. The molecule has 0 radical (unpaired) electrons. The molecule has 1 aliphatic heterocycles. The summed E-state index contributed by atoms with van der Waals surface area (Å²) in [6, 6.07) is 22.3. The number of hydrogen-bond donors (Lipinski definition) is 1. The Kier molecular flexibility index (Phi) is 6.21. The van der Waals surface area contributed by atoms with Crippen molar-refractivity contribution in [3.63, 3.8) is 0 Å². The maximum absolute atomic E-state index is 13.6. The van der Waals surface area contributed by atoms with E-state index < -0.39 is 0 Å². The first-order chi connectivity index (χ1) is 15.1. The number of aromatic nitrogens is 2. The second-order valence-corrected chi connectivity index (χ2v) is 7.53. The Labute approximate surface area is 180 Å². The molecule has 158 valence electrons. The van der Waals surface area contributed by atoms with Crippen LogP contribution in [-0.2, 0) is 4.79 Å². The second-order valence-electron chi connectivity index (χ2n) is 7.53. The molecule has 0 saturated carbocycles. The van der Waals surface area contributed by atoms with Crippen molar-refractivity contribution in [2.45, 2.75) is 12.3 Å². The van der Waals surface area contributed by atoms with E-state index in [-0.39, 0.29) is 29.0 Å². The van der Waals surface area contributed by atoms with Crippen molar-refractivity contribution in [3.05, 3.63) is 100.0 Å². The minimum atomic E-state index is -0.384. The van der Waals surface area contributed by atoms with Crippen LogP contribution in [0.15, 0.2) is 77.6 Å². The molecule has 0 spiro atoms. The zero-order valence-electron chi connectivity index (χ0n) is 17.1. The molecule has 0 bridgehead atoms. The van der Waals surface area contributed by atoms with E-state index in [0.29, 0.717) is 32.6 Å². The fourth-order valence-corrected chi connectivity index (χ4v) is 3.92. The molecule has 31 heavy (non-hydrogen) atoms. The quantitative estimate of drug-likeness (QED) is 0.707. The van der Waals surface area contributed by atoms with Gasteiger partial charge in [0.15, 0.2) is 0 Å². The molecule has 0 atom stereocenters. The summed E-state index contributed by atoms with van der Waals surface area (Å²) in [5.74, 6) is -0.590. The van der Waals surface area contributed by atoms with Crippen molar-refractivity contribution in [1.82, 2.24) is 20.0 Å². The number of amides is 2. The fourth-order valence-electron chi connectivity index (χ4n) is 3.92. The Morgan fingerprint density at radius 2 is 1.35 bits per heavy atom. The molecular weight excluding hydrogens is 392 g/mol. The molecule has 1 N–H and O–H groups in total. The molecule has 1 saturated heterocycles. The molecule has 1 fully saturated rings. The van der Waals surface area contributed by atoms with Crippen LogP contribution in [0.2, 0.25) is 0 Å². The van der Waals surface area contributed by atoms with Crippen molar-refractivity contribution < 1.29 is 9.59 Å². The predicted molar refractivity (Wildman–Crippen MR) is 117 cm³/mol. The molecule has 2 heterocycles. The highest BCUT2D eigenvalue weighted by Crippen LogP contribution is 2.27. The number of aromatic amines is 1. The molecule has 2 aromatic carbocycles. The third kappa shape index (κ3) is 4.71. The van der Waals surface area contributed by atoms with Gasteiger partial charge in [0.2, 0.25) is 5.91 Å². The monoisotopic (exact) mass is 416 g/mol. The zero-order valence-corrected chi connectivity index (χ0v) is 17.1. The highest BCUT2D eigenvalue weighted by Gasteiger charge is 2.30. The van der Waals surface area contributed by atoms with Gasteiger partial charge in [0.25, 0.3) is 11.5 Å². The van der Waals surface area contributed by atoms with E-state index in [0.717, 1.165) is 11.1 Å². The number of carbonyl (C=O) groups is 2. The molecule has 0 aliphatic carbocycles. The van der Waals surface area contributed by atoms with Crippen molar-refractivity contribution in [2.24, 2.45) is 0 Å². The van der Waals surface area contributed by atoms with E-state index >= 15 is 0 Å². The van der Waals surface area contributed by atoms with Crippen LogP contribution >= 0.6 is 0 Å². The minimum Gasteiger partial charge on any atom is -0.340 e. The van der Waals surface area contributed by atoms with Gasteiger partial charge in [-0.3, -0.25) is 14.4 Å². The summed E-state index contributed by atoms with van der Waals surface area (Å²) in [7, 11) is 0. The van der Waals surface area contributed by atoms with Crippen LogP contribution in [0.25, 0.3) is 0 Å². The molecule has 4 rings (SSSR count). The second kappa shape index (κ2) is 9.38. The fraction of sp³-hybridized carbons (Fsp3) is 0.250. The predicted octanol–water partition coefficient (Wildman–Crippen LogP) is 2.28. The maximum Gasteiger partial charge on any atom is 0.274 e. The Morgan fingerprint density at radius 3 is 1.94 bits per heavy atom. The minimum absolute atomic E-state index is 0.0360. The summed E-state index contributed by atoms with van der Waals surface area (Å²) < 4.78 is 0. The average Bonchev–Trinajstić information content (AvgIpc) is 3.07. The van der Waals surface area contributed by atoms with Crippen molar-refractivity contribution in [2.75, 3.05) is 26.2 Å². The number of nitrogens with zero attached hydrogens (tertiary/aromatic N) is 3. The summed E-state index contributed by atoms with van der Waals surface area (Å²) in [6.07, 6.45) is 0.678. The maximum atomic E-state index is 13.6. The lowest BCUT2D eigenvalue weighted by atomic mass is 9.90. The van der Waals surface area contributed by atoms with E-state index in [2.05, 4.69) is 10.2 Å². The average molecular weight is 416 g/mol. The lowest BCUT2D eigenvalue weighted by Crippen LogP contribution is -2.40. The Bertz CT molecular complexity index is 1040. The van der Waals surface area contributed by atoms with Crippen molar-refractivity contribution in [1.29, 1.82) is 0 Å². The molecule has 2 amide bonds. The summed E-state index contributed by atoms with van der Waals surface area (Å²) in [4.78, 5) is 41.1. The lowest BCUT2D eigenvalue weighted by Gasteiger charge is -2.27. The van der Waals surface area contributed by atoms with Gasteiger partial charge in [0, 0.05) is 32.2 Å². The molecule has 1 aliphatic rings.